The van der Waals surface area contributed by atoms with Gasteiger partial charge in [-0.2, -0.15) is 0 Å². The van der Waals surface area contributed by atoms with Crippen LogP contribution >= 0.6 is 27.5 Å². The molecule has 0 aliphatic heterocycles. The van der Waals surface area contributed by atoms with Gasteiger partial charge in [-0.1, -0.05) is 17.7 Å². The Labute approximate surface area is 122 Å². The number of nitrogens with zero attached hydrogens (tertiary/aromatic N) is 2. The Bertz CT molecular complexity index is 622. The maximum Gasteiger partial charge on any atom is 0.354 e. The van der Waals surface area contributed by atoms with Gasteiger partial charge < -0.3 is 9.84 Å². The molecule has 1 N–H and O–H groups in total. The van der Waals surface area contributed by atoms with E-state index in [2.05, 4.69) is 25.9 Å². The second-order valence-corrected chi connectivity index (χ2v) is 4.77. The Morgan fingerprint density at radius 1 is 1.47 bits per heavy atom. The van der Waals surface area contributed by atoms with Gasteiger partial charge in [-0.3, -0.25) is 0 Å². The smallest absolute Gasteiger partial charge is 0.354 e. The molecule has 98 valence electrons. The Kier molecular flexibility index (Phi) is 4.34. The van der Waals surface area contributed by atoms with E-state index in [1.807, 2.05) is 0 Å². The zero-order valence-corrected chi connectivity index (χ0v) is 11.8. The molecule has 0 saturated heterocycles. The maximum absolute atomic E-state index is 10.7. The third-order valence-electron chi connectivity index (χ3n) is 2.21. The van der Waals surface area contributed by atoms with Crippen molar-refractivity contribution in [3.05, 3.63) is 51.3 Å². The lowest BCUT2D eigenvalue weighted by molar-refractivity contribution is 0.0690. The van der Waals surface area contributed by atoms with Crippen LogP contribution in [0.4, 0.5) is 0 Å². The summed E-state index contributed by atoms with van der Waals surface area (Å²) in [6, 6.07) is 6.57. The van der Waals surface area contributed by atoms with Crippen LogP contribution < -0.4 is 4.74 Å². The van der Waals surface area contributed by atoms with Crippen LogP contribution in [0.3, 0.4) is 0 Å². The van der Waals surface area contributed by atoms with Gasteiger partial charge in [-0.15, -0.1) is 0 Å². The fourth-order valence-electron chi connectivity index (χ4n) is 1.30. The molecule has 0 unspecified atom stereocenters. The fourth-order valence-corrected chi connectivity index (χ4v) is 1.84. The number of carbonyl (C=O) groups is 1. The molecule has 0 atom stereocenters. The van der Waals surface area contributed by atoms with Gasteiger partial charge in [0.25, 0.3) is 0 Å². The first-order valence-corrected chi connectivity index (χ1v) is 6.36. The number of carboxylic acid groups (broad SMARTS) is 1. The standard InChI is InChI=1S/C12H8BrClN2O3/c13-10-2-1-3-11(16-10)19-6-7-5-15-9(12(17)18)4-8(7)14/h1-5H,6H2,(H,17,18). The third kappa shape index (κ3) is 3.65. The zero-order valence-electron chi connectivity index (χ0n) is 9.51. The highest BCUT2D eigenvalue weighted by molar-refractivity contribution is 9.10. The Morgan fingerprint density at radius 3 is 2.89 bits per heavy atom. The van der Waals surface area contributed by atoms with E-state index in [0.29, 0.717) is 21.1 Å². The highest BCUT2D eigenvalue weighted by Gasteiger charge is 2.09. The minimum Gasteiger partial charge on any atom is -0.477 e. The van der Waals surface area contributed by atoms with Gasteiger partial charge in [0.05, 0.1) is 5.02 Å². The first-order chi connectivity index (χ1) is 9.06. The quantitative estimate of drug-likeness (QED) is 0.863. The number of aromatic nitrogens is 2. The van der Waals surface area contributed by atoms with Crippen LogP contribution in [0.15, 0.2) is 35.1 Å². The number of halogens is 2. The van der Waals surface area contributed by atoms with Crippen molar-refractivity contribution < 1.29 is 14.6 Å². The molecule has 19 heavy (non-hydrogen) atoms. The Balaban J connectivity index is 2.10. The lowest BCUT2D eigenvalue weighted by atomic mass is 10.2. The molecule has 0 aliphatic carbocycles. The molecule has 2 rings (SSSR count). The summed E-state index contributed by atoms with van der Waals surface area (Å²) in [6.45, 7) is 0.162. The normalized spacial score (nSPS) is 10.2. The van der Waals surface area contributed by atoms with Crippen molar-refractivity contribution in [1.82, 2.24) is 9.97 Å². The topological polar surface area (TPSA) is 72.3 Å². The van der Waals surface area contributed by atoms with E-state index in [-0.39, 0.29) is 12.3 Å². The monoisotopic (exact) mass is 342 g/mol. The molecule has 5 nitrogen and oxygen atoms in total. The summed E-state index contributed by atoms with van der Waals surface area (Å²) in [6.07, 6.45) is 1.38. The Morgan fingerprint density at radius 2 is 2.26 bits per heavy atom. The van der Waals surface area contributed by atoms with Crippen LogP contribution in [0.25, 0.3) is 0 Å². The summed E-state index contributed by atoms with van der Waals surface area (Å²) in [4.78, 5) is 18.6. The van der Waals surface area contributed by atoms with Crippen LogP contribution in [0.5, 0.6) is 5.88 Å². The lowest BCUT2D eigenvalue weighted by Gasteiger charge is -2.07. The van der Waals surface area contributed by atoms with E-state index in [4.69, 9.17) is 21.4 Å². The van der Waals surface area contributed by atoms with E-state index in [1.165, 1.54) is 12.3 Å². The van der Waals surface area contributed by atoms with E-state index in [1.54, 1.807) is 18.2 Å². The third-order valence-corrected chi connectivity index (χ3v) is 3.01. The van der Waals surface area contributed by atoms with Crippen LogP contribution in [-0.2, 0) is 6.61 Å². The van der Waals surface area contributed by atoms with Gasteiger partial charge in [0.15, 0.2) is 0 Å². The average Bonchev–Trinajstić information content (AvgIpc) is 2.37. The number of pyridine rings is 2. The number of aromatic carboxylic acids is 1. The number of ether oxygens (including phenoxy) is 1. The summed E-state index contributed by atoms with van der Waals surface area (Å²) in [7, 11) is 0. The van der Waals surface area contributed by atoms with Crippen LogP contribution in [-0.4, -0.2) is 21.0 Å². The van der Waals surface area contributed by atoms with Gasteiger partial charge in [-0.05, 0) is 28.1 Å². The van der Waals surface area contributed by atoms with Crippen molar-refractivity contribution in [1.29, 1.82) is 0 Å². The van der Waals surface area contributed by atoms with Gasteiger partial charge in [0.2, 0.25) is 5.88 Å². The summed E-state index contributed by atoms with van der Waals surface area (Å²) >= 11 is 9.19. The molecule has 0 saturated carbocycles. The fraction of sp³-hybridized carbons (Fsp3) is 0.0833. The molecule has 7 heteroatoms. The minimum absolute atomic E-state index is 0.102. The molecule has 2 aromatic heterocycles. The van der Waals surface area contributed by atoms with Crippen molar-refractivity contribution in [3.8, 4) is 5.88 Å². The van der Waals surface area contributed by atoms with E-state index < -0.39 is 5.97 Å². The highest BCUT2D eigenvalue weighted by atomic mass is 79.9. The molecule has 0 aliphatic rings. The summed E-state index contributed by atoms with van der Waals surface area (Å²) in [5.41, 5.74) is 0.489. The lowest BCUT2D eigenvalue weighted by Crippen LogP contribution is -2.03. The van der Waals surface area contributed by atoms with Crippen molar-refractivity contribution in [2.45, 2.75) is 6.61 Å². The molecule has 0 amide bonds. The van der Waals surface area contributed by atoms with Crippen molar-refractivity contribution in [3.63, 3.8) is 0 Å². The number of hydrogen-bond donors (Lipinski definition) is 1. The minimum atomic E-state index is -1.12. The second kappa shape index (κ2) is 5.99. The molecule has 0 radical (unpaired) electrons. The molecule has 0 aromatic carbocycles. The molecular weight excluding hydrogens is 336 g/mol. The van der Waals surface area contributed by atoms with Crippen molar-refractivity contribution in [2.75, 3.05) is 0 Å². The molecule has 2 heterocycles. The summed E-state index contributed by atoms with van der Waals surface area (Å²) in [5, 5.41) is 9.06. The molecule has 2 aromatic rings. The molecule has 0 fully saturated rings. The molecular formula is C12H8BrClN2O3. The summed E-state index contributed by atoms with van der Waals surface area (Å²) in [5.74, 6) is -0.684. The van der Waals surface area contributed by atoms with Crippen molar-refractivity contribution >= 4 is 33.5 Å². The van der Waals surface area contributed by atoms with Gasteiger partial charge >= 0.3 is 5.97 Å². The Hall–Kier alpha value is -1.66. The van der Waals surface area contributed by atoms with Crippen LogP contribution in [0.2, 0.25) is 5.02 Å². The van der Waals surface area contributed by atoms with E-state index >= 15 is 0 Å². The van der Waals surface area contributed by atoms with Crippen LogP contribution in [0, 0.1) is 0 Å². The number of rotatable bonds is 4. The molecule has 0 bridgehead atoms. The second-order valence-electron chi connectivity index (χ2n) is 3.55. The van der Waals surface area contributed by atoms with Gasteiger partial charge in [0.1, 0.15) is 16.9 Å². The predicted molar refractivity (Wildman–Crippen MR) is 72.5 cm³/mol. The largest absolute Gasteiger partial charge is 0.477 e. The van der Waals surface area contributed by atoms with E-state index in [9.17, 15) is 4.79 Å². The first-order valence-electron chi connectivity index (χ1n) is 5.19. The SMILES string of the molecule is O=C(O)c1cc(Cl)c(COc2cccc(Br)n2)cn1. The van der Waals surface area contributed by atoms with Gasteiger partial charge in [0, 0.05) is 17.8 Å². The number of carboxylic acids is 1. The maximum atomic E-state index is 10.7. The van der Waals surface area contributed by atoms with Gasteiger partial charge in [-0.25, -0.2) is 14.8 Å². The number of hydrogen-bond acceptors (Lipinski definition) is 4. The predicted octanol–water partition coefficient (Wildman–Crippen LogP) is 3.17. The zero-order chi connectivity index (χ0) is 13.8. The first kappa shape index (κ1) is 13.8. The molecule has 0 spiro atoms. The van der Waals surface area contributed by atoms with Crippen LogP contribution in [0.1, 0.15) is 16.1 Å². The average molecular weight is 344 g/mol. The highest BCUT2D eigenvalue weighted by Crippen LogP contribution is 2.19. The summed E-state index contributed by atoms with van der Waals surface area (Å²) < 4.78 is 6.10. The van der Waals surface area contributed by atoms with E-state index in [0.717, 1.165) is 0 Å². The van der Waals surface area contributed by atoms with Crippen molar-refractivity contribution in [2.24, 2.45) is 0 Å².